The lowest BCUT2D eigenvalue weighted by atomic mass is 10.2. The van der Waals surface area contributed by atoms with Crippen LogP contribution in [0.4, 0.5) is 4.39 Å². The molecule has 1 aliphatic carbocycles. The Morgan fingerprint density at radius 2 is 1.93 bits per heavy atom. The minimum Gasteiger partial charge on any atom is -0.494 e. The van der Waals surface area contributed by atoms with Crippen molar-refractivity contribution in [1.82, 2.24) is 9.55 Å². The number of halogens is 1. The third-order valence-electron chi connectivity index (χ3n) is 4.83. The largest absolute Gasteiger partial charge is 0.494 e. The van der Waals surface area contributed by atoms with E-state index in [1.807, 2.05) is 37.3 Å². The van der Waals surface area contributed by atoms with E-state index in [-0.39, 0.29) is 11.5 Å². The van der Waals surface area contributed by atoms with Gasteiger partial charge in [0.15, 0.2) is 0 Å². The Morgan fingerprint density at radius 3 is 2.68 bits per heavy atom. The predicted octanol–water partition coefficient (Wildman–Crippen LogP) is 4.55. The van der Waals surface area contributed by atoms with E-state index in [4.69, 9.17) is 4.74 Å². The van der Waals surface area contributed by atoms with E-state index in [0.717, 1.165) is 47.0 Å². The highest BCUT2D eigenvalue weighted by Crippen LogP contribution is 2.32. The van der Waals surface area contributed by atoms with E-state index in [2.05, 4.69) is 4.98 Å². The summed E-state index contributed by atoms with van der Waals surface area (Å²) < 4.78 is 21.1. The lowest BCUT2D eigenvalue weighted by molar-refractivity contribution is 0.340. The Bertz CT molecular complexity index is 1050. The van der Waals surface area contributed by atoms with Gasteiger partial charge in [-0.25, -0.2) is 9.18 Å². The molecule has 144 valence electrons. The van der Waals surface area contributed by atoms with E-state index in [1.54, 1.807) is 16.7 Å². The fourth-order valence-electron chi connectivity index (χ4n) is 3.53. The van der Waals surface area contributed by atoms with Gasteiger partial charge in [0.05, 0.1) is 12.3 Å². The van der Waals surface area contributed by atoms with Gasteiger partial charge in [0.2, 0.25) is 0 Å². The van der Waals surface area contributed by atoms with Crippen molar-refractivity contribution in [2.45, 2.75) is 37.0 Å². The summed E-state index contributed by atoms with van der Waals surface area (Å²) in [7, 11) is 0. The van der Waals surface area contributed by atoms with E-state index in [1.165, 1.54) is 17.8 Å². The number of hydrogen-bond acceptors (Lipinski definition) is 4. The third kappa shape index (κ3) is 3.69. The maximum Gasteiger partial charge on any atom is 0.353 e. The van der Waals surface area contributed by atoms with Crippen LogP contribution in [0.2, 0.25) is 0 Å². The van der Waals surface area contributed by atoms with Crippen LogP contribution in [0.5, 0.6) is 5.75 Å². The van der Waals surface area contributed by atoms with E-state index in [0.29, 0.717) is 17.9 Å². The summed E-state index contributed by atoms with van der Waals surface area (Å²) in [6.07, 6.45) is 2.72. The summed E-state index contributed by atoms with van der Waals surface area (Å²) in [6, 6.07) is 14.2. The number of benzene rings is 2. The fourth-order valence-corrected chi connectivity index (χ4v) is 4.59. The highest BCUT2D eigenvalue weighted by molar-refractivity contribution is 7.98. The Morgan fingerprint density at radius 1 is 1.14 bits per heavy atom. The van der Waals surface area contributed by atoms with Crippen molar-refractivity contribution in [2.75, 3.05) is 6.61 Å². The molecule has 6 heteroatoms. The number of ether oxygens (including phenoxy) is 1. The molecule has 0 fully saturated rings. The zero-order valence-corrected chi connectivity index (χ0v) is 16.5. The molecule has 0 N–H and O–H groups in total. The number of nitrogens with zero attached hydrogens (tertiary/aromatic N) is 2. The van der Waals surface area contributed by atoms with E-state index in [9.17, 15) is 9.18 Å². The average Bonchev–Trinajstić information content (AvgIpc) is 3.18. The summed E-state index contributed by atoms with van der Waals surface area (Å²) >= 11 is 1.44. The normalized spacial score (nSPS) is 12.8. The maximum atomic E-state index is 13.9. The van der Waals surface area contributed by atoms with Crippen molar-refractivity contribution in [2.24, 2.45) is 0 Å². The first-order valence-electron chi connectivity index (χ1n) is 9.41. The molecule has 0 amide bonds. The Balaban J connectivity index is 1.67. The average molecular weight is 396 g/mol. The Kier molecular flexibility index (Phi) is 5.48. The monoisotopic (exact) mass is 396 g/mol. The maximum absolute atomic E-state index is 13.9. The minimum absolute atomic E-state index is 0.227. The second-order valence-electron chi connectivity index (χ2n) is 6.62. The molecule has 0 spiro atoms. The van der Waals surface area contributed by atoms with Crippen LogP contribution >= 0.6 is 11.8 Å². The van der Waals surface area contributed by atoms with Gasteiger partial charge in [-0.1, -0.05) is 18.2 Å². The molecule has 0 radical (unpaired) electrons. The molecule has 3 aromatic rings. The molecule has 2 aromatic carbocycles. The summed E-state index contributed by atoms with van der Waals surface area (Å²) in [5.74, 6) is 1.01. The Hall–Kier alpha value is -2.60. The van der Waals surface area contributed by atoms with Crippen LogP contribution in [0.1, 0.15) is 30.2 Å². The highest BCUT2D eigenvalue weighted by atomic mass is 32.2. The molecule has 1 aliphatic rings. The molecule has 0 saturated heterocycles. The number of fused-ring (bicyclic) bond motifs is 1. The molecule has 4 nitrogen and oxygen atoms in total. The first-order chi connectivity index (χ1) is 13.7. The number of thioether (sulfide) groups is 1. The Labute approximate surface area is 167 Å². The van der Waals surface area contributed by atoms with Gasteiger partial charge < -0.3 is 4.74 Å². The van der Waals surface area contributed by atoms with E-state index < -0.39 is 0 Å². The second-order valence-corrected chi connectivity index (χ2v) is 7.58. The zero-order chi connectivity index (χ0) is 19.5. The molecule has 4 rings (SSSR count). The molecule has 1 aromatic heterocycles. The predicted molar refractivity (Wildman–Crippen MR) is 109 cm³/mol. The van der Waals surface area contributed by atoms with Crippen LogP contribution in [-0.4, -0.2) is 16.2 Å². The van der Waals surface area contributed by atoms with Crippen molar-refractivity contribution >= 4 is 11.8 Å². The lowest BCUT2D eigenvalue weighted by Crippen LogP contribution is -2.25. The number of hydrogen-bond donors (Lipinski definition) is 0. The van der Waals surface area contributed by atoms with Crippen LogP contribution in [0, 0.1) is 5.82 Å². The summed E-state index contributed by atoms with van der Waals surface area (Å²) in [5, 5.41) is 0.725. The molecule has 0 aliphatic heterocycles. The minimum atomic E-state index is -0.291. The fraction of sp³-hybridized carbons (Fsp3) is 0.273. The number of aromatic nitrogens is 2. The molecular formula is C22H21FN2O2S. The van der Waals surface area contributed by atoms with Crippen molar-refractivity contribution in [3.8, 4) is 11.4 Å². The summed E-state index contributed by atoms with van der Waals surface area (Å²) in [6.45, 7) is 2.54. The zero-order valence-electron chi connectivity index (χ0n) is 15.7. The highest BCUT2D eigenvalue weighted by Gasteiger charge is 2.23. The van der Waals surface area contributed by atoms with Gasteiger partial charge in [-0.2, -0.15) is 4.98 Å². The van der Waals surface area contributed by atoms with Crippen LogP contribution in [0.15, 0.2) is 58.4 Å². The number of rotatable bonds is 6. The molecular weight excluding hydrogens is 375 g/mol. The topological polar surface area (TPSA) is 44.1 Å². The molecule has 1 heterocycles. The van der Waals surface area contributed by atoms with Gasteiger partial charge in [-0.3, -0.25) is 4.57 Å². The quantitative estimate of drug-likeness (QED) is 0.453. The summed E-state index contributed by atoms with van der Waals surface area (Å²) in [5.41, 5.74) is 3.25. The van der Waals surface area contributed by atoms with Gasteiger partial charge in [0.1, 0.15) is 16.6 Å². The molecule has 28 heavy (non-hydrogen) atoms. The van der Waals surface area contributed by atoms with Crippen LogP contribution in [0.25, 0.3) is 5.69 Å². The van der Waals surface area contributed by atoms with Crippen LogP contribution in [-0.2, 0) is 18.6 Å². The first-order valence-corrected chi connectivity index (χ1v) is 10.4. The van der Waals surface area contributed by atoms with Gasteiger partial charge in [0, 0.05) is 17.0 Å². The second kappa shape index (κ2) is 8.19. The van der Waals surface area contributed by atoms with Gasteiger partial charge >= 0.3 is 5.69 Å². The van der Waals surface area contributed by atoms with Crippen LogP contribution < -0.4 is 10.4 Å². The smallest absolute Gasteiger partial charge is 0.353 e. The first kappa shape index (κ1) is 18.7. The van der Waals surface area contributed by atoms with Crippen molar-refractivity contribution < 1.29 is 9.13 Å². The molecule has 0 bridgehead atoms. The van der Waals surface area contributed by atoms with Crippen LogP contribution in [0.3, 0.4) is 0 Å². The standard InChI is InChI=1S/C22H21FN2O2S/c1-2-27-17-12-10-16(11-13-17)25-20-9-5-7-18(20)21(24-22(25)26)28-14-15-6-3-4-8-19(15)23/h3-4,6,8,10-13H,2,5,7,9,14H2,1H3. The van der Waals surface area contributed by atoms with Gasteiger partial charge in [-0.05, 0) is 62.1 Å². The van der Waals surface area contributed by atoms with E-state index >= 15 is 0 Å². The van der Waals surface area contributed by atoms with Gasteiger partial charge in [0.25, 0.3) is 0 Å². The molecule has 0 unspecified atom stereocenters. The molecule has 0 saturated carbocycles. The lowest BCUT2D eigenvalue weighted by Gasteiger charge is -2.15. The SMILES string of the molecule is CCOc1ccc(-n2c3c(c(SCc4ccccc4F)nc2=O)CCC3)cc1. The molecule has 0 atom stereocenters. The van der Waals surface area contributed by atoms with Crippen molar-refractivity contribution in [3.63, 3.8) is 0 Å². The summed E-state index contributed by atoms with van der Waals surface area (Å²) in [4.78, 5) is 17.2. The van der Waals surface area contributed by atoms with Crippen molar-refractivity contribution in [1.29, 1.82) is 0 Å². The third-order valence-corrected chi connectivity index (χ3v) is 5.90. The van der Waals surface area contributed by atoms with Crippen molar-refractivity contribution in [3.05, 3.63) is 81.7 Å². The van der Waals surface area contributed by atoms with Gasteiger partial charge in [-0.15, -0.1) is 11.8 Å².